The second-order valence-corrected chi connectivity index (χ2v) is 17.8. The van der Waals surface area contributed by atoms with Crippen LogP contribution in [0.15, 0.2) is 0 Å². The van der Waals surface area contributed by atoms with E-state index >= 15 is 0 Å². The molecule has 0 aliphatic heterocycles. The van der Waals surface area contributed by atoms with Crippen molar-refractivity contribution >= 4 is 0 Å². The molecule has 0 heterocycles. The Kier molecular flexibility index (Phi) is 18.8. The van der Waals surface area contributed by atoms with E-state index in [2.05, 4.69) is 33.0 Å². The summed E-state index contributed by atoms with van der Waals surface area (Å²) in [6, 6.07) is 0. The Bertz CT molecular complexity index is 909. The Balaban J connectivity index is 1.41. The highest BCUT2D eigenvalue weighted by Crippen LogP contribution is 2.69. The summed E-state index contributed by atoms with van der Waals surface area (Å²) in [5.74, 6) is 3.92. The van der Waals surface area contributed by atoms with E-state index in [9.17, 15) is 0 Å². The molecule has 0 aromatic rings. The van der Waals surface area contributed by atoms with Gasteiger partial charge in [0, 0.05) is 25.2 Å². The number of unbranched alkanes of at least 4 members (excludes halogenated alkanes) is 7. The topological polar surface area (TPSA) is 118 Å². The minimum Gasteiger partial charge on any atom is -0.378 e. The quantitative estimate of drug-likeness (QED) is 0.0671. The van der Waals surface area contributed by atoms with E-state index in [-0.39, 0.29) is 5.41 Å². The molecule has 0 spiro atoms. The van der Waals surface area contributed by atoms with Gasteiger partial charge in [-0.3, -0.25) is 0 Å². The third kappa shape index (κ3) is 10.9. The lowest BCUT2D eigenvalue weighted by atomic mass is 9.43. The summed E-state index contributed by atoms with van der Waals surface area (Å²) < 4.78 is 20.4. The molecular weight excluding hydrogens is 620 g/mol. The van der Waals surface area contributed by atoms with E-state index in [1.807, 2.05) is 0 Å². The van der Waals surface area contributed by atoms with Crippen molar-refractivity contribution < 1.29 is 14.2 Å². The van der Waals surface area contributed by atoms with Crippen LogP contribution in [0.5, 0.6) is 0 Å². The van der Waals surface area contributed by atoms with Gasteiger partial charge in [-0.15, -0.1) is 0 Å². The zero-order chi connectivity index (χ0) is 35.8. The van der Waals surface area contributed by atoms with Crippen LogP contribution in [0, 0.1) is 46.3 Å². The van der Waals surface area contributed by atoms with Crippen molar-refractivity contribution in [3.05, 3.63) is 0 Å². The van der Waals surface area contributed by atoms with Crippen LogP contribution in [0.25, 0.3) is 0 Å². The Morgan fingerprint density at radius 2 is 1.32 bits per heavy atom. The van der Waals surface area contributed by atoms with E-state index < -0.39 is 0 Å². The predicted octanol–water partition coefficient (Wildman–Crippen LogP) is 8.21. The van der Waals surface area contributed by atoms with Gasteiger partial charge in [0.25, 0.3) is 0 Å². The molecule has 4 fully saturated rings. The van der Waals surface area contributed by atoms with Crippen molar-refractivity contribution in [1.29, 1.82) is 0 Å². The minimum absolute atomic E-state index is 0.181. The summed E-state index contributed by atoms with van der Waals surface area (Å²) in [6.07, 6.45) is 26.1. The Morgan fingerprint density at radius 3 is 2.02 bits per heavy atom. The van der Waals surface area contributed by atoms with Gasteiger partial charge in [0.05, 0.1) is 18.3 Å². The van der Waals surface area contributed by atoms with Crippen LogP contribution in [0.1, 0.15) is 156 Å². The third-order valence-electron chi connectivity index (χ3n) is 14.7. The number of fused-ring (bicyclic) bond motifs is 5. The monoisotopic (exact) mass is 705 g/mol. The third-order valence-corrected chi connectivity index (χ3v) is 14.7. The van der Waals surface area contributed by atoms with E-state index in [0.717, 1.165) is 52.0 Å². The second kappa shape index (κ2) is 22.2. The molecule has 4 aliphatic rings. The van der Waals surface area contributed by atoms with Gasteiger partial charge in [0.2, 0.25) is 0 Å². The first-order valence-corrected chi connectivity index (χ1v) is 22.0. The van der Waals surface area contributed by atoms with Crippen molar-refractivity contribution in [2.45, 2.75) is 174 Å². The van der Waals surface area contributed by atoms with Crippen molar-refractivity contribution in [2.75, 3.05) is 52.5 Å². The van der Waals surface area contributed by atoms with Crippen LogP contribution in [0.4, 0.5) is 0 Å². The fourth-order valence-electron chi connectivity index (χ4n) is 11.9. The molecule has 4 rings (SSSR count). The maximum atomic E-state index is 7.05. The van der Waals surface area contributed by atoms with Crippen LogP contribution in [0.3, 0.4) is 0 Å². The smallest absolute Gasteiger partial charge is 0.0637 e. The van der Waals surface area contributed by atoms with Gasteiger partial charge >= 0.3 is 0 Å². The SMILES string of the molecule is CCCCCCCCCCNCCC[C@@H](C)[C@H]1CC[C@H]2[C@@H]3[C@H](OCCCN)C[C@@H]4C[C@H](OCCCN)CC[C@]4(C)[C@H]3C[C@H](OCCCN)[C@]12C. The maximum Gasteiger partial charge on any atom is 0.0637 e. The number of rotatable bonds is 26. The van der Waals surface area contributed by atoms with Crippen LogP contribution in [0.2, 0.25) is 0 Å². The molecule has 0 aromatic heterocycles. The summed E-state index contributed by atoms with van der Waals surface area (Å²) in [5, 5.41) is 3.79. The lowest BCUT2D eigenvalue weighted by Gasteiger charge is -2.65. The highest BCUT2D eigenvalue weighted by molar-refractivity contribution is 5.15. The van der Waals surface area contributed by atoms with Gasteiger partial charge in [-0.2, -0.15) is 0 Å². The first kappa shape index (κ1) is 42.5. The largest absolute Gasteiger partial charge is 0.378 e. The molecule has 0 unspecified atom stereocenters. The maximum absolute atomic E-state index is 7.05. The molecule has 50 heavy (non-hydrogen) atoms. The summed E-state index contributed by atoms with van der Waals surface area (Å²) in [5.41, 5.74) is 18.3. The number of nitrogens with one attached hydrogen (secondary N) is 1. The first-order valence-electron chi connectivity index (χ1n) is 22.0. The fraction of sp³-hybridized carbons (Fsp3) is 1.00. The van der Waals surface area contributed by atoms with Gasteiger partial charge in [-0.05, 0) is 157 Å². The highest BCUT2D eigenvalue weighted by Gasteiger charge is 2.66. The number of nitrogens with two attached hydrogens (primary N) is 3. The molecular formula is C43H84N4O3. The van der Waals surface area contributed by atoms with Crippen LogP contribution in [-0.2, 0) is 14.2 Å². The van der Waals surface area contributed by atoms with Crippen molar-refractivity contribution in [1.82, 2.24) is 5.32 Å². The average Bonchev–Trinajstić information content (AvgIpc) is 3.47. The van der Waals surface area contributed by atoms with Crippen molar-refractivity contribution in [3.63, 3.8) is 0 Å². The minimum atomic E-state index is 0.181. The molecule has 4 saturated carbocycles. The molecule has 0 radical (unpaired) electrons. The lowest BCUT2D eigenvalue weighted by Crippen LogP contribution is -2.63. The van der Waals surface area contributed by atoms with E-state index in [1.165, 1.54) is 109 Å². The summed E-state index contributed by atoms with van der Waals surface area (Å²) in [6.45, 7) is 17.0. The van der Waals surface area contributed by atoms with Gasteiger partial charge in [-0.1, -0.05) is 72.6 Å². The summed E-state index contributed by atoms with van der Waals surface area (Å²) in [4.78, 5) is 0. The predicted molar refractivity (Wildman–Crippen MR) is 210 cm³/mol. The molecule has 7 heteroatoms. The molecule has 11 atom stereocenters. The van der Waals surface area contributed by atoms with Crippen LogP contribution >= 0.6 is 0 Å². The number of hydrogen-bond acceptors (Lipinski definition) is 7. The zero-order valence-electron chi connectivity index (χ0n) is 33.5. The number of hydrogen-bond donors (Lipinski definition) is 4. The molecule has 0 saturated heterocycles. The fourth-order valence-corrected chi connectivity index (χ4v) is 11.9. The molecule has 7 nitrogen and oxygen atoms in total. The van der Waals surface area contributed by atoms with Gasteiger partial charge in [0.15, 0.2) is 0 Å². The van der Waals surface area contributed by atoms with Crippen molar-refractivity contribution in [3.8, 4) is 0 Å². The van der Waals surface area contributed by atoms with E-state index in [0.29, 0.717) is 78.9 Å². The Morgan fingerprint density at radius 1 is 0.680 bits per heavy atom. The van der Waals surface area contributed by atoms with Gasteiger partial charge in [0.1, 0.15) is 0 Å². The van der Waals surface area contributed by atoms with Gasteiger partial charge < -0.3 is 36.7 Å². The normalized spacial score (nSPS) is 35.8. The van der Waals surface area contributed by atoms with E-state index in [4.69, 9.17) is 31.4 Å². The molecule has 0 amide bonds. The highest BCUT2D eigenvalue weighted by atomic mass is 16.5. The van der Waals surface area contributed by atoms with Crippen molar-refractivity contribution in [2.24, 2.45) is 63.5 Å². The average molecular weight is 705 g/mol. The Labute approximate surface area is 309 Å². The Hall–Kier alpha value is -0.280. The summed E-state index contributed by atoms with van der Waals surface area (Å²) >= 11 is 0. The molecule has 4 aliphatic carbocycles. The van der Waals surface area contributed by atoms with E-state index in [1.54, 1.807) is 0 Å². The molecule has 7 N–H and O–H groups in total. The second-order valence-electron chi connectivity index (χ2n) is 17.8. The zero-order valence-corrected chi connectivity index (χ0v) is 33.5. The molecule has 0 bridgehead atoms. The standard InChI is InChI=1S/C43H84N4O3/c1-5-6-7-8-9-10-11-12-25-47-26-13-17-33(2)36-18-19-37-41-38(32-40(43(36,37)4)50-29-16-24-46)42(3)21-20-35(48-27-14-22-44)30-34(42)31-39(41)49-28-15-23-45/h33-41,47H,5-32,44-46H2,1-4H3/t33-,34+,35-,36-,37+,38+,39-,40+,41+,42+,43-/m1/s1. The van der Waals surface area contributed by atoms with Gasteiger partial charge in [-0.25, -0.2) is 0 Å². The van der Waals surface area contributed by atoms with Crippen LogP contribution < -0.4 is 22.5 Å². The molecule has 0 aromatic carbocycles. The number of ether oxygens (including phenoxy) is 3. The van der Waals surface area contributed by atoms with Crippen LogP contribution in [-0.4, -0.2) is 70.9 Å². The lowest BCUT2D eigenvalue weighted by molar-refractivity contribution is -0.227. The first-order chi connectivity index (χ1) is 24.3. The molecule has 294 valence electrons. The summed E-state index contributed by atoms with van der Waals surface area (Å²) in [7, 11) is 0.